The maximum absolute atomic E-state index is 12.2. The molecule has 2 nitrogen and oxygen atoms in total. The molecule has 0 saturated heterocycles. The molecule has 5 heteroatoms. The Morgan fingerprint density at radius 1 is 0.824 bits per heavy atom. The number of halogens is 1. The van der Waals surface area contributed by atoms with Gasteiger partial charge in [-0.25, -0.2) is 8.42 Å². The zero-order valence-electron chi connectivity index (χ0n) is 8.80. The summed E-state index contributed by atoms with van der Waals surface area (Å²) in [6.45, 7) is 0. The molecule has 0 aromatic heterocycles. The second-order valence-electron chi connectivity index (χ2n) is 3.53. The van der Waals surface area contributed by atoms with Crippen LogP contribution in [-0.4, -0.2) is 8.42 Å². The Labute approximate surface area is 111 Å². The van der Waals surface area contributed by atoms with E-state index in [1.54, 1.807) is 48.5 Å². The lowest BCUT2D eigenvalue weighted by Crippen LogP contribution is -2.03. The van der Waals surface area contributed by atoms with Crippen LogP contribution in [-0.2, 0) is 9.84 Å². The highest BCUT2D eigenvalue weighted by molar-refractivity contribution is 9.10. The molecule has 17 heavy (non-hydrogen) atoms. The van der Waals surface area contributed by atoms with Crippen LogP contribution in [0.15, 0.2) is 62.8 Å². The lowest BCUT2D eigenvalue weighted by molar-refractivity contribution is 0.596. The van der Waals surface area contributed by atoms with E-state index >= 15 is 0 Å². The molecule has 0 bridgehead atoms. The van der Waals surface area contributed by atoms with Gasteiger partial charge in [-0.2, -0.15) is 0 Å². The van der Waals surface area contributed by atoms with Gasteiger partial charge in [-0.15, -0.1) is 9.24 Å². The topological polar surface area (TPSA) is 34.1 Å². The van der Waals surface area contributed by atoms with Crippen LogP contribution in [0, 0.1) is 0 Å². The third-order valence-electron chi connectivity index (χ3n) is 2.31. The molecular formula is C12H10BrO2PS. The first-order valence-electron chi connectivity index (χ1n) is 4.86. The van der Waals surface area contributed by atoms with Gasteiger partial charge in [0.15, 0.2) is 0 Å². The van der Waals surface area contributed by atoms with E-state index in [9.17, 15) is 8.42 Å². The molecule has 0 spiro atoms. The molecule has 0 radical (unpaired) electrons. The van der Waals surface area contributed by atoms with E-state index in [-0.39, 0.29) is 0 Å². The summed E-state index contributed by atoms with van der Waals surface area (Å²) in [5.41, 5.74) is 0. The molecule has 0 saturated carbocycles. The number of rotatable bonds is 2. The van der Waals surface area contributed by atoms with Crippen LogP contribution in [0.25, 0.3) is 0 Å². The Bertz CT molecular complexity index is 567. The molecule has 1 atom stereocenters. The Hall–Kier alpha value is -0.700. The van der Waals surface area contributed by atoms with E-state index < -0.39 is 9.84 Å². The average Bonchev–Trinajstić information content (AvgIpc) is 2.30. The first kappa shape index (κ1) is 12.7. The fraction of sp³-hybridized carbons (Fsp3) is 0. The van der Waals surface area contributed by atoms with E-state index in [1.807, 2.05) is 0 Å². The first-order valence-corrected chi connectivity index (χ1v) is 7.72. The van der Waals surface area contributed by atoms with E-state index in [0.717, 1.165) is 9.78 Å². The van der Waals surface area contributed by atoms with Crippen LogP contribution in [0.2, 0.25) is 0 Å². The molecular weight excluding hydrogens is 319 g/mol. The zero-order chi connectivity index (χ0) is 12.5. The van der Waals surface area contributed by atoms with Crippen molar-refractivity contribution in [2.24, 2.45) is 0 Å². The number of sulfone groups is 1. The van der Waals surface area contributed by atoms with E-state index in [2.05, 4.69) is 25.2 Å². The predicted molar refractivity (Wildman–Crippen MR) is 75.4 cm³/mol. The summed E-state index contributed by atoms with van der Waals surface area (Å²) >= 11 is 3.28. The second-order valence-corrected chi connectivity index (χ2v) is 7.06. The molecule has 0 aliphatic carbocycles. The lowest BCUT2D eigenvalue weighted by Gasteiger charge is -2.04. The van der Waals surface area contributed by atoms with Gasteiger partial charge in [0, 0.05) is 4.47 Å². The van der Waals surface area contributed by atoms with Gasteiger partial charge in [0.1, 0.15) is 0 Å². The minimum Gasteiger partial charge on any atom is -0.219 e. The summed E-state index contributed by atoms with van der Waals surface area (Å²) in [7, 11) is -0.876. The average molecular weight is 329 g/mol. The molecule has 0 fully saturated rings. The molecule has 2 rings (SSSR count). The number of hydrogen-bond donors (Lipinski definition) is 0. The van der Waals surface area contributed by atoms with Crippen molar-refractivity contribution >= 4 is 40.3 Å². The van der Waals surface area contributed by atoms with Crippen molar-refractivity contribution in [2.75, 3.05) is 0 Å². The van der Waals surface area contributed by atoms with Gasteiger partial charge in [-0.1, -0.05) is 28.1 Å². The summed E-state index contributed by atoms with van der Waals surface area (Å²) in [5, 5.41) is 0.958. The minimum absolute atomic E-state index is 0.303. The maximum atomic E-state index is 12.2. The summed E-state index contributed by atoms with van der Waals surface area (Å²) < 4.78 is 25.3. The van der Waals surface area contributed by atoms with Crippen molar-refractivity contribution < 1.29 is 8.42 Å². The normalized spacial score (nSPS) is 11.4. The van der Waals surface area contributed by atoms with Crippen LogP contribution < -0.4 is 5.30 Å². The Balaban J connectivity index is 2.50. The summed E-state index contributed by atoms with van der Waals surface area (Å²) in [6.07, 6.45) is 0. The van der Waals surface area contributed by atoms with Crippen molar-refractivity contribution in [1.29, 1.82) is 0 Å². The highest BCUT2D eigenvalue weighted by atomic mass is 79.9. The van der Waals surface area contributed by atoms with Crippen molar-refractivity contribution in [2.45, 2.75) is 9.79 Å². The van der Waals surface area contributed by atoms with Crippen LogP contribution in [0.4, 0.5) is 0 Å². The van der Waals surface area contributed by atoms with Crippen molar-refractivity contribution in [3.05, 3.63) is 53.0 Å². The first-order chi connectivity index (χ1) is 8.00. The third-order valence-corrected chi connectivity index (χ3v) is 5.01. The quantitative estimate of drug-likeness (QED) is 0.794. The summed E-state index contributed by atoms with van der Waals surface area (Å²) in [4.78, 5) is 0.614. The fourth-order valence-electron chi connectivity index (χ4n) is 1.40. The Morgan fingerprint density at radius 3 is 1.71 bits per heavy atom. The standard InChI is InChI=1S/C12H10BrO2PS/c13-9-1-5-11(6-2-9)17(14,15)12-7-3-10(16)4-8-12/h1-8H,16H2. The molecule has 0 aliphatic heterocycles. The van der Waals surface area contributed by atoms with Crippen LogP contribution in [0.5, 0.6) is 0 Å². The van der Waals surface area contributed by atoms with Crippen molar-refractivity contribution in [1.82, 2.24) is 0 Å². The third kappa shape index (κ3) is 2.76. The van der Waals surface area contributed by atoms with Gasteiger partial charge in [0.25, 0.3) is 0 Å². The largest absolute Gasteiger partial charge is 0.219 e. The molecule has 2 aromatic rings. The zero-order valence-corrected chi connectivity index (χ0v) is 12.4. The molecule has 88 valence electrons. The Kier molecular flexibility index (Phi) is 3.67. The monoisotopic (exact) mass is 328 g/mol. The van der Waals surface area contributed by atoms with Crippen LogP contribution in [0.1, 0.15) is 0 Å². The van der Waals surface area contributed by atoms with Gasteiger partial charge in [-0.05, 0) is 41.7 Å². The van der Waals surface area contributed by atoms with E-state index in [4.69, 9.17) is 0 Å². The van der Waals surface area contributed by atoms with Crippen LogP contribution in [0.3, 0.4) is 0 Å². The number of benzene rings is 2. The van der Waals surface area contributed by atoms with Gasteiger partial charge >= 0.3 is 0 Å². The van der Waals surface area contributed by atoms with Crippen LogP contribution >= 0.6 is 25.2 Å². The van der Waals surface area contributed by atoms with Gasteiger partial charge in [0.2, 0.25) is 9.84 Å². The predicted octanol–water partition coefficient (Wildman–Crippen LogP) is 2.78. The van der Waals surface area contributed by atoms with E-state index in [1.165, 1.54) is 0 Å². The smallest absolute Gasteiger partial charge is 0.206 e. The molecule has 2 aromatic carbocycles. The van der Waals surface area contributed by atoms with E-state index in [0.29, 0.717) is 9.79 Å². The van der Waals surface area contributed by atoms with Gasteiger partial charge < -0.3 is 0 Å². The number of hydrogen-bond acceptors (Lipinski definition) is 2. The molecule has 0 N–H and O–H groups in total. The van der Waals surface area contributed by atoms with Gasteiger partial charge in [-0.3, -0.25) is 0 Å². The van der Waals surface area contributed by atoms with Gasteiger partial charge in [0.05, 0.1) is 9.79 Å². The summed E-state index contributed by atoms with van der Waals surface area (Å²) in [6, 6.07) is 13.4. The van der Waals surface area contributed by atoms with Crippen molar-refractivity contribution in [3.8, 4) is 0 Å². The fourth-order valence-corrected chi connectivity index (χ4v) is 3.11. The molecule has 0 amide bonds. The highest BCUT2D eigenvalue weighted by Crippen LogP contribution is 2.22. The summed E-state index contributed by atoms with van der Waals surface area (Å²) in [5.74, 6) is 0. The molecule has 0 heterocycles. The second kappa shape index (κ2) is 4.89. The Morgan fingerprint density at radius 2 is 1.24 bits per heavy atom. The van der Waals surface area contributed by atoms with Crippen molar-refractivity contribution in [3.63, 3.8) is 0 Å². The highest BCUT2D eigenvalue weighted by Gasteiger charge is 2.16. The molecule has 1 unspecified atom stereocenters. The lowest BCUT2D eigenvalue weighted by atomic mass is 10.4. The molecule has 0 aliphatic rings. The minimum atomic E-state index is -3.40. The SMILES string of the molecule is O=S(=O)(c1ccc(P)cc1)c1ccc(Br)cc1. The maximum Gasteiger partial charge on any atom is 0.206 e.